The van der Waals surface area contributed by atoms with Crippen molar-refractivity contribution in [2.24, 2.45) is 0 Å². The maximum absolute atomic E-state index is 5.27. The molecule has 0 spiro atoms. The number of rotatable bonds is 9. The Bertz CT molecular complexity index is 3530. The van der Waals surface area contributed by atoms with E-state index in [0.717, 1.165) is 41.7 Å². The summed E-state index contributed by atoms with van der Waals surface area (Å²) in [7, 11) is -3.05. The summed E-state index contributed by atoms with van der Waals surface area (Å²) in [5.74, 6) is 0.977. The van der Waals surface area contributed by atoms with Gasteiger partial charge in [0.05, 0.1) is 11.0 Å². The first-order valence-corrected chi connectivity index (χ1v) is 27.2. The van der Waals surface area contributed by atoms with Gasteiger partial charge in [-0.1, -0.05) is 230 Å². The van der Waals surface area contributed by atoms with Crippen molar-refractivity contribution in [3.63, 3.8) is 0 Å². The van der Waals surface area contributed by atoms with Crippen LogP contribution in [0.2, 0.25) is 0 Å². The fraction of sp³-hybridized carbons (Fsp3) is 0.179. The van der Waals surface area contributed by atoms with Gasteiger partial charge in [0.1, 0.15) is 5.82 Å². The average Bonchev–Trinajstić information content (AvgIpc) is 3.78. The van der Waals surface area contributed by atoms with Gasteiger partial charge in [-0.25, -0.2) is 4.98 Å². The highest BCUT2D eigenvalue weighted by Gasteiger charge is 2.44. The van der Waals surface area contributed by atoms with Crippen LogP contribution in [0, 0.1) is 0 Å². The lowest BCUT2D eigenvalue weighted by Crippen LogP contribution is -2.75. The van der Waals surface area contributed by atoms with Crippen LogP contribution < -0.4 is 20.7 Å². The first kappa shape index (κ1) is 45.1. The van der Waals surface area contributed by atoms with Crippen LogP contribution in [0.25, 0.3) is 66.4 Å². The van der Waals surface area contributed by atoms with Crippen LogP contribution in [0.3, 0.4) is 0 Å². The van der Waals surface area contributed by atoms with E-state index in [1.807, 2.05) is 0 Å². The maximum atomic E-state index is 5.27. The zero-order chi connectivity index (χ0) is 48.2. The third-order valence-electron chi connectivity index (χ3n) is 14.9. The van der Waals surface area contributed by atoms with Gasteiger partial charge in [-0.3, -0.25) is 4.57 Å². The summed E-state index contributed by atoms with van der Waals surface area (Å²) in [6, 6.07) is 76.1. The van der Waals surface area contributed by atoms with Crippen LogP contribution >= 0.6 is 0 Å². The van der Waals surface area contributed by atoms with Gasteiger partial charge in [-0.2, -0.15) is 0 Å². The molecule has 10 aromatic rings. The number of imidazole rings is 1. The summed E-state index contributed by atoms with van der Waals surface area (Å²) in [6.45, 7) is 16.3. The SMILES string of the molecule is CCc1ccc2nc(-c3ccccc3)n(C3=CCCC(c4cccc(-c5c6cc(C(C)(C)C)ccc6c([Si](c6ccccc6)(c6ccccc6)c6ccccc6)c6cc(C(C)(C)C)ccc56)c4)=C3)c2c1. The highest BCUT2D eigenvalue weighted by Crippen LogP contribution is 2.42. The van der Waals surface area contributed by atoms with E-state index >= 15 is 0 Å². The molecule has 0 saturated carbocycles. The molecule has 1 heterocycles. The van der Waals surface area contributed by atoms with Crippen molar-refractivity contribution in [1.82, 2.24) is 9.55 Å². The van der Waals surface area contributed by atoms with E-state index in [1.54, 1.807) is 0 Å². The number of aryl methyl sites for hydroxylation is 1. The van der Waals surface area contributed by atoms with E-state index < -0.39 is 8.07 Å². The lowest BCUT2D eigenvalue weighted by Gasteiger charge is -2.37. The fourth-order valence-electron chi connectivity index (χ4n) is 11.2. The molecular weight excluding hydrogens is 861 g/mol. The molecule has 0 N–H and O–H groups in total. The Kier molecular flexibility index (Phi) is 11.5. The van der Waals surface area contributed by atoms with Crippen LogP contribution in [-0.4, -0.2) is 17.6 Å². The smallest absolute Gasteiger partial charge is 0.180 e. The van der Waals surface area contributed by atoms with Gasteiger partial charge in [0.15, 0.2) is 8.07 Å². The number of nitrogens with zero attached hydrogens (tertiary/aromatic N) is 2. The molecule has 0 unspecified atom stereocenters. The van der Waals surface area contributed by atoms with E-state index in [4.69, 9.17) is 4.98 Å². The maximum Gasteiger partial charge on any atom is 0.180 e. The molecule has 2 nitrogen and oxygen atoms in total. The standard InChI is InChI=1S/C67H62N2Si/c1-8-46-35-40-61-62(41-46)69(65(68-61)47-23-13-9-14-24-47)53-28-22-26-49(43-53)48-25-21-27-50(42-48)63-57-38-36-52(67(5,6)7)45-60(57)64(58-39-37-51(44-59(58)63)66(2,3)4)70(54-29-15-10-16-30-54,55-31-17-11-18-32-55)56-33-19-12-20-34-56/h9-21,23-25,27-45H,8,22,26H2,1-7H3. The molecule has 70 heavy (non-hydrogen) atoms. The van der Waals surface area contributed by atoms with Gasteiger partial charge in [0, 0.05) is 11.3 Å². The first-order valence-electron chi connectivity index (χ1n) is 25.2. The van der Waals surface area contributed by atoms with Crippen molar-refractivity contribution in [3.05, 3.63) is 235 Å². The largest absolute Gasteiger partial charge is 0.293 e. The second-order valence-electron chi connectivity index (χ2n) is 21.4. The number of allylic oxidation sites excluding steroid dienone is 4. The van der Waals surface area contributed by atoms with Crippen LogP contribution in [0.5, 0.6) is 0 Å². The lowest BCUT2D eigenvalue weighted by molar-refractivity contribution is 0.591. The quantitative estimate of drug-likeness (QED) is 0.0801. The molecule has 1 aromatic heterocycles. The van der Waals surface area contributed by atoms with E-state index in [2.05, 4.69) is 265 Å². The van der Waals surface area contributed by atoms with Crippen LogP contribution in [0.15, 0.2) is 212 Å². The molecule has 0 atom stereocenters. The molecule has 0 radical (unpaired) electrons. The molecule has 9 aromatic carbocycles. The predicted molar refractivity (Wildman–Crippen MR) is 304 cm³/mol. The minimum absolute atomic E-state index is 0.0606. The van der Waals surface area contributed by atoms with Crippen molar-refractivity contribution in [3.8, 4) is 22.5 Å². The van der Waals surface area contributed by atoms with Crippen LogP contribution in [0.1, 0.15) is 83.6 Å². The molecule has 1 aliphatic rings. The highest BCUT2D eigenvalue weighted by molar-refractivity contribution is 7.21. The van der Waals surface area contributed by atoms with E-state index in [-0.39, 0.29) is 10.8 Å². The first-order chi connectivity index (χ1) is 33.9. The third-order valence-corrected chi connectivity index (χ3v) is 19.8. The molecule has 0 amide bonds. The van der Waals surface area contributed by atoms with Gasteiger partial charge in [-0.15, -0.1) is 0 Å². The number of benzene rings is 9. The van der Waals surface area contributed by atoms with Crippen molar-refractivity contribution < 1.29 is 0 Å². The lowest BCUT2D eigenvalue weighted by atomic mass is 9.81. The van der Waals surface area contributed by atoms with E-state index in [9.17, 15) is 0 Å². The van der Waals surface area contributed by atoms with E-state index in [1.165, 1.54) is 86.9 Å². The van der Waals surface area contributed by atoms with E-state index in [0.29, 0.717) is 0 Å². The van der Waals surface area contributed by atoms with Crippen molar-refractivity contribution in [2.75, 3.05) is 0 Å². The monoisotopic (exact) mass is 922 g/mol. The summed E-state index contributed by atoms with van der Waals surface area (Å²) in [5.41, 5.74) is 13.4. The number of fused-ring (bicyclic) bond motifs is 3. The van der Waals surface area contributed by atoms with Gasteiger partial charge in [-0.05, 0) is 142 Å². The van der Waals surface area contributed by atoms with Gasteiger partial charge < -0.3 is 0 Å². The highest BCUT2D eigenvalue weighted by atomic mass is 28.3. The fourth-order valence-corrected chi connectivity index (χ4v) is 16.4. The molecule has 0 saturated heterocycles. The summed E-state index contributed by atoms with van der Waals surface area (Å²) in [4.78, 5) is 5.27. The molecule has 0 bridgehead atoms. The van der Waals surface area contributed by atoms with Gasteiger partial charge >= 0.3 is 0 Å². The predicted octanol–water partition coefficient (Wildman–Crippen LogP) is 14.9. The molecule has 1 aliphatic carbocycles. The Balaban J connectivity index is 1.20. The summed E-state index contributed by atoms with van der Waals surface area (Å²) < 4.78 is 2.40. The number of hydrogen-bond donors (Lipinski definition) is 0. The average molecular weight is 923 g/mol. The summed E-state index contributed by atoms with van der Waals surface area (Å²) in [5, 5.41) is 10.8. The van der Waals surface area contributed by atoms with Gasteiger partial charge in [0.2, 0.25) is 0 Å². The zero-order valence-corrected chi connectivity index (χ0v) is 42.7. The second-order valence-corrected chi connectivity index (χ2v) is 25.1. The van der Waals surface area contributed by atoms with Crippen LogP contribution in [-0.2, 0) is 17.3 Å². The third kappa shape index (κ3) is 7.87. The topological polar surface area (TPSA) is 17.8 Å². The van der Waals surface area contributed by atoms with Crippen molar-refractivity contribution in [1.29, 1.82) is 0 Å². The Labute approximate surface area is 415 Å². The molecular formula is C67H62N2Si. The van der Waals surface area contributed by atoms with Crippen LogP contribution in [0.4, 0.5) is 0 Å². The Morgan fingerprint density at radius 3 is 1.63 bits per heavy atom. The number of aromatic nitrogens is 2. The minimum Gasteiger partial charge on any atom is -0.293 e. The van der Waals surface area contributed by atoms with Crippen molar-refractivity contribution in [2.45, 2.75) is 78.6 Å². The molecule has 344 valence electrons. The Hall–Kier alpha value is -7.33. The summed E-state index contributed by atoms with van der Waals surface area (Å²) >= 11 is 0. The Morgan fingerprint density at radius 1 is 0.500 bits per heavy atom. The molecule has 3 heteroatoms. The number of hydrogen-bond acceptors (Lipinski definition) is 1. The molecule has 11 rings (SSSR count). The Morgan fingerprint density at radius 2 is 1.04 bits per heavy atom. The van der Waals surface area contributed by atoms with Gasteiger partial charge in [0.25, 0.3) is 0 Å². The normalized spacial score (nSPS) is 13.5. The minimum atomic E-state index is -3.05. The molecule has 0 aliphatic heterocycles. The summed E-state index contributed by atoms with van der Waals surface area (Å²) in [6.07, 6.45) is 7.72. The molecule has 0 fully saturated rings. The zero-order valence-electron chi connectivity index (χ0n) is 41.7. The second kappa shape index (κ2) is 17.9. The van der Waals surface area contributed by atoms with Crippen molar-refractivity contribution >= 4 is 72.7 Å².